The molecule has 1 aromatic heterocycles. The Labute approximate surface area is 151 Å². The van der Waals surface area contributed by atoms with Gasteiger partial charge in [0.2, 0.25) is 5.91 Å². The van der Waals surface area contributed by atoms with Gasteiger partial charge in [-0.15, -0.1) is 11.3 Å². The Morgan fingerprint density at radius 3 is 2.36 bits per heavy atom. The summed E-state index contributed by atoms with van der Waals surface area (Å²) in [5.41, 5.74) is 2.10. The van der Waals surface area contributed by atoms with E-state index in [-0.39, 0.29) is 11.8 Å². The summed E-state index contributed by atoms with van der Waals surface area (Å²) < 4.78 is 10.2. The minimum absolute atomic E-state index is 0.0149. The van der Waals surface area contributed by atoms with Crippen molar-refractivity contribution in [1.29, 1.82) is 0 Å². The highest BCUT2D eigenvalue weighted by atomic mass is 32.1. The Kier molecular flexibility index (Phi) is 5.08. The molecule has 25 heavy (non-hydrogen) atoms. The van der Waals surface area contributed by atoms with Gasteiger partial charge in [-0.25, -0.2) is 4.79 Å². The van der Waals surface area contributed by atoms with Crippen LogP contribution in [0.3, 0.4) is 0 Å². The molecule has 1 saturated carbocycles. The third-order valence-electron chi connectivity index (χ3n) is 4.57. The maximum absolute atomic E-state index is 12.4. The Balaban J connectivity index is 2.01. The highest BCUT2D eigenvalue weighted by molar-refractivity contribution is 7.17. The molecule has 0 bridgehead atoms. The van der Waals surface area contributed by atoms with Crippen LogP contribution >= 0.6 is 11.3 Å². The molecule has 0 spiro atoms. The van der Waals surface area contributed by atoms with E-state index in [1.807, 2.05) is 31.2 Å². The van der Waals surface area contributed by atoms with Gasteiger partial charge < -0.3 is 14.8 Å². The number of aryl methyl sites for hydroxylation is 1. The molecule has 1 aliphatic rings. The summed E-state index contributed by atoms with van der Waals surface area (Å²) in [4.78, 5) is 25.7. The Morgan fingerprint density at radius 2 is 1.84 bits per heavy atom. The molecule has 0 aliphatic heterocycles. The van der Waals surface area contributed by atoms with Gasteiger partial charge in [0.15, 0.2) is 0 Å². The number of thiophene rings is 1. The molecule has 1 amide bonds. The van der Waals surface area contributed by atoms with Gasteiger partial charge in [0.1, 0.15) is 16.3 Å². The van der Waals surface area contributed by atoms with E-state index in [4.69, 9.17) is 9.47 Å². The molecule has 0 radical (unpaired) electrons. The second-order valence-corrected chi connectivity index (χ2v) is 7.30. The first-order chi connectivity index (χ1) is 12.0. The lowest BCUT2D eigenvalue weighted by molar-refractivity contribution is -0.122. The zero-order valence-corrected chi connectivity index (χ0v) is 15.4. The van der Waals surface area contributed by atoms with E-state index < -0.39 is 5.97 Å². The van der Waals surface area contributed by atoms with Gasteiger partial charge in [0.05, 0.1) is 14.2 Å². The van der Waals surface area contributed by atoms with Gasteiger partial charge in [-0.1, -0.05) is 18.6 Å². The first-order valence-electron chi connectivity index (χ1n) is 8.22. The van der Waals surface area contributed by atoms with Crippen molar-refractivity contribution in [2.75, 3.05) is 19.5 Å². The monoisotopic (exact) mass is 359 g/mol. The number of rotatable bonds is 5. The van der Waals surface area contributed by atoms with Crippen LogP contribution in [0.25, 0.3) is 11.1 Å². The van der Waals surface area contributed by atoms with E-state index in [0.29, 0.717) is 10.6 Å². The molecule has 1 fully saturated rings. The lowest BCUT2D eigenvalue weighted by Crippen LogP contribution is -2.28. The summed E-state index contributed by atoms with van der Waals surface area (Å²) in [7, 11) is 2.96. The third kappa shape index (κ3) is 3.39. The lowest BCUT2D eigenvalue weighted by Gasteiger charge is -2.23. The highest BCUT2D eigenvalue weighted by Crippen LogP contribution is 2.41. The molecule has 1 aromatic carbocycles. The molecule has 0 atom stereocenters. The molecule has 6 heteroatoms. The van der Waals surface area contributed by atoms with E-state index in [2.05, 4.69) is 5.32 Å². The first-order valence-corrected chi connectivity index (χ1v) is 9.03. The van der Waals surface area contributed by atoms with Crippen molar-refractivity contribution >= 4 is 28.2 Å². The molecule has 1 aliphatic carbocycles. The van der Waals surface area contributed by atoms with Crippen molar-refractivity contribution in [2.24, 2.45) is 5.92 Å². The quantitative estimate of drug-likeness (QED) is 0.810. The van der Waals surface area contributed by atoms with Crippen molar-refractivity contribution in [1.82, 2.24) is 0 Å². The fraction of sp³-hybridized carbons (Fsp3) is 0.368. The molecule has 1 N–H and O–H groups in total. The summed E-state index contributed by atoms with van der Waals surface area (Å²) in [6, 6.07) is 7.50. The predicted molar refractivity (Wildman–Crippen MR) is 98.4 cm³/mol. The van der Waals surface area contributed by atoms with Gasteiger partial charge >= 0.3 is 5.97 Å². The summed E-state index contributed by atoms with van der Waals surface area (Å²) >= 11 is 1.41. The maximum Gasteiger partial charge on any atom is 0.341 e. The van der Waals surface area contributed by atoms with Gasteiger partial charge in [-0.2, -0.15) is 0 Å². The van der Waals surface area contributed by atoms with Crippen LogP contribution in [0.15, 0.2) is 24.3 Å². The zero-order chi connectivity index (χ0) is 18.0. The van der Waals surface area contributed by atoms with Crippen molar-refractivity contribution in [2.45, 2.75) is 26.2 Å². The number of hydrogen-bond donors (Lipinski definition) is 1. The largest absolute Gasteiger partial charge is 0.497 e. The number of anilines is 1. The molecule has 2 aromatic rings. The van der Waals surface area contributed by atoms with Crippen LogP contribution in [-0.2, 0) is 9.53 Å². The van der Waals surface area contributed by atoms with Gasteiger partial charge in [-0.3, -0.25) is 4.79 Å². The standard InChI is InChI=1S/C19H21NO4S/c1-11-15(12-7-9-14(23-2)10-8-12)16(19(22)24-3)18(25-11)20-17(21)13-5-4-6-13/h7-10,13H,4-6H2,1-3H3,(H,20,21). The van der Waals surface area contributed by atoms with Gasteiger partial charge in [-0.05, 0) is 37.5 Å². The van der Waals surface area contributed by atoms with Crippen LogP contribution in [0, 0.1) is 12.8 Å². The second kappa shape index (κ2) is 7.27. The number of benzene rings is 1. The third-order valence-corrected chi connectivity index (χ3v) is 5.59. The average molecular weight is 359 g/mol. The molecular weight excluding hydrogens is 338 g/mol. The van der Waals surface area contributed by atoms with E-state index >= 15 is 0 Å². The number of carbonyl (C=O) groups excluding carboxylic acids is 2. The Bertz CT molecular complexity index is 791. The van der Waals surface area contributed by atoms with E-state index in [1.54, 1.807) is 7.11 Å². The molecule has 0 unspecified atom stereocenters. The number of ether oxygens (including phenoxy) is 2. The number of esters is 1. The number of nitrogens with one attached hydrogen (secondary N) is 1. The van der Waals surface area contributed by atoms with E-state index in [9.17, 15) is 9.59 Å². The molecule has 0 saturated heterocycles. The van der Waals surface area contributed by atoms with Crippen molar-refractivity contribution in [3.8, 4) is 16.9 Å². The van der Waals surface area contributed by atoms with Crippen LogP contribution in [0.1, 0.15) is 34.5 Å². The average Bonchev–Trinajstić information content (AvgIpc) is 2.88. The maximum atomic E-state index is 12.4. The highest BCUT2D eigenvalue weighted by Gasteiger charge is 2.29. The van der Waals surface area contributed by atoms with Crippen LogP contribution in [0.5, 0.6) is 5.75 Å². The minimum atomic E-state index is -0.445. The number of hydrogen-bond acceptors (Lipinski definition) is 5. The van der Waals surface area contributed by atoms with Crippen molar-refractivity contribution < 1.29 is 19.1 Å². The molecular formula is C19H21NO4S. The van der Waals surface area contributed by atoms with E-state index in [0.717, 1.165) is 41.0 Å². The van der Waals surface area contributed by atoms with Crippen LogP contribution in [0.4, 0.5) is 5.00 Å². The molecule has 132 valence electrons. The molecule has 3 rings (SSSR count). The predicted octanol–water partition coefficient (Wildman–Crippen LogP) is 4.26. The van der Waals surface area contributed by atoms with Crippen LogP contribution in [-0.4, -0.2) is 26.1 Å². The van der Waals surface area contributed by atoms with Gasteiger partial charge in [0.25, 0.3) is 0 Å². The Hall–Kier alpha value is -2.34. The summed E-state index contributed by atoms with van der Waals surface area (Å²) in [5, 5.41) is 3.50. The first kappa shape index (κ1) is 17.5. The molecule has 1 heterocycles. The summed E-state index contributed by atoms with van der Waals surface area (Å²) in [6.07, 6.45) is 2.91. The topological polar surface area (TPSA) is 64.6 Å². The van der Waals surface area contributed by atoms with Gasteiger partial charge in [0, 0.05) is 16.4 Å². The number of amides is 1. The normalized spacial score (nSPS) is 13.9. The van der Waals surface area contributed by atoms with Crippen LogP contribution in [0.2, 0.25) is 0 Å². The fourth-order valence-electron chi connectivity index (χ4n) is 2.92. The Morgan fingerprint density at radius 1 is 1.16 bits per heavy atom. The fourth-order valence-corrected chi connectivity index (χ4v) is 3.99. The summed E-state index contributed by atoms with van der Waals surface area (Å²) in [5.74, 6) is 0.338. The summed E-state index contributed by atoms with van der Waals surface area (Å²) in [6.45, 7) is 1.94. The molecule has 5 nitrogen and oxygen atoms in total. The lowest BCUT2D eigenvalue weighted by atomic mass is 9.85. The number of methoxy groups -OCH3 is 2. The van der Waals surface area contributed by atoms with Crippen molar-refractivity contribution in [3.63, 3.8) is 0 Å². The smallest absolute Gasteiger partial charge is 0.341 e. The number of carbonyl (C=O) groups is 2. The van der Waals surface area contributed by atoms with Crippen molar-refractivity contribution in [3.05, 3.63) is 34.7 Å². The minimum Gasteiger partial charge on any atom is -0.497 e. The van der Waals surface area contributed by atoms with E-state index in [1.165, 1.54) is 18.4 Å². The second-order valence-electron chi connectivity index (χ2n) is 6.07. The SMILES string of the molecule is COC(=O)c1c(NC(=O)C2CCC2)sc(C)c1-c1ccc(OC)cc1. The van der Waals surface area contributed by atoms with Crippen LogP contribution < -0.4 is 10.1 Å². The zero-order valence-electron chi connectivity index (χ0n) is 14.5.